The molecule has 3 rings (SSSR count). The van der Waals surface area contributed by atoms with Crippen molar-refractivity contribution in [3.05, 3.63) is 77.9 Å². The highest BCUT2D eigenvalue weighted by molar-refractivity contribution is 7.92. The maximum absolute atomic E-state index is 12.8. The van der Waals surface area contributed by atoms with Gasteiger partial charge < -0.3 is 14.8 Å². The van der Waals surface area contributed by atoms with E-state index in [2.05, 4.69) is 10.0 Å². The summed E-state index contributed by atoms with van der Waals surface area (Å²) in [7, 11) is -1.63. The first-order chi connectivity index (χ1) is 15.5. The minimum absolute atomic E-state index is 0.0352. The fourth-order valence-electron chi connectivity index (χ4n) is 2.89. The van der Waals surface area contributed by atoms with Crippen molar-refractivity contribution in [2.24, 2.45) is 0 Å². The monoisotopic (exact) mass is 480 g/mol. The second kappa shape index (κ2) is 9.41. The van der Waals surface area contributed by atoms with Crippen LogP contribution in [0.2, 0.25) is 0 Å². The quantitative estimate of drug-likeness (QED) is 0.508. The molecule has 0 aromatic heterocycles. The molecule has 0 saturated carbocycles. The number of amides is 1. The number of hydrogen-bond acceptors (Lipinski definition) is 5. The SMILES string of the molecule is COc1cc(NS(=O)(=O)c2ccc(C(F)(F)F)cc2)c(OC)cc1NC(=O)c1ccccc1. The van der Waals surface area contributed by atoms with Gasteiger partial charge in [0.25, 0.3) is 15.9 Å². The van der Waals surface area contributed by atoms with Gasteiger partial charge in [-0.25, -0.2) is 8.42 Å². The number of benzene rings is 3. The van der Waals surface area contributed by atoms with Gasteiger partial charge in [0.05, 0.1) is 36.1 Å². The molecule has 11 heteroatoms. The molecule has 33 heavy (non-hydrogen) atoms. The fourth-order valence-corrected chi connectivity index (χ4v) is 3.95. The molecule has 174 valence electrons. The summed E-state index contributed by atoms with van der Waals surface area (Å²) in [5.41, 5.74) is -0.391. The smallest absolute Gasteiger partial charge is 0.416 e. The van der Waals surface area contributed by atoms with Crippen molar-refractivity contribution in [1.82, 2.24) is 0 Å². The number of carbonyl (C=O) groups is 1. The van der Waals surface area contributed by atoms with Gasteiger partial charge in [-0.2, -0.15) is 13.2 Å². The number of rotatable bonds is 7. The number of methoxy groups -OCH3 is 2. The number of carbonyl (C=O) groups excluding carboxylic acids is 1. The van der Waals surface area contributed by atoms with Crippen LogP contribution in [0.4, 0.5) is 24.5 Å². The number of ether oxygens (including phenoxy) is 2. The average molecular weight is 480 g/mol. The lowest BCUT2D eigenvalue weighted by atomic mass is 10.2. The van der Waals surface area contributed by atoms with E-state index < -0.39 is 27.7 Å². The van der Waals surface area contributed by atoms with Crippen LogP contribution in [0.1, 0.15) is 15.9 Å². The molecule has 0 unspecified atom stereocenters. The summed E-state index contributed by atoms with van der Waals surface area (Å²) in [6.07, 6.45) is -4.59. The molecule has 0 bridgehead atoms. The maximum Gasteiger partial charge on any atom is 0.416 e. The third-order valence-electron chi connectivity index (χ3n) is 4.54. The largest absolute Gasteiger partial charge is 0.494 e. The summed E-state index contributed by atoms with van der Waals surface area (Å²) >= 11 is 0. The van der Waals surface area contributed by atoms with Gasteiger partial charge in [0.2, 0.25) is 0 Å². The highest BCUT2D eigenvalue weighted by atomic mass is 32.2. The maximum atomic E-state index is 12.8. The summed E-state index contributed by atoms with van der Waals surface area (Å²) in [5, 5.41) is 2.67. The predicted octanol–water partition coefficient (Wildman–Crippen LogP) is 4.78. The van der Waals surface area contributed by atoms with Crippen molar-refractivity contribution in [3.8, 4) is 11.5 Å². The van der Waals surface area contributed by atoms with Gasteiger partial charge in [0, 0.05) is 17.7 Å². The lowest BCUT2D eigenvalue weighted by Crippen LogP contribution is -2.16. The second-order valence-electron chi connectivity index (χ2n) is 6.70. The summed E-state index contributed by atoms with van der Waals surface area (Å²) in [6, 6.07) is 14.1. The number of halogens is 3. The molecule has 0 aliphatic rings. The molecule has 0 spiro atoms. The molecule has 0 aliphatic heterocycles. The van der Waals surface area contributed by atoms with Gasteiger partial charge in [-0.15, -0.1) is 0 Å². The van der Waals surface area contributed by atoms with Crippen LogP contribution in [0.25, 0.3) is 0 Å². The van der Waals surface area contributed by atoms with Gasteiger partial charge in [0.1, 0.15) is 11.5 Å². The van der Waals surface area contributed by atoms with Crippen molar-refractivity contribution < 1.29 is 35.9 Å². The van der Waals surface area contributed by atoms with E-state index >= 15 is 0 Å². The van der Waals surface area contributed by atoms with Crippen molar-refractivity contribution >= 4 is 27.3 Å². The fraction of sp³-hybridized carbons (Fsp3) is 0.136. The van der Waals surface area contributed by atoms with E-state index in [-0.39, 0.29) is 27.8 Å². The standard InChI is InChI=1S/C22H19F3N2O5S/c1-31-19-13-18(27-33(29,30)16-10-8-15(9-11-16)22(23,24)25)20(32-2)12-17(19)26-21(28)14-6-4-3-5-7-14/h3-13,27H,1-2H3,(H,26,28). The van der Waals surface area contributed by atoms with Crippen LogP contribution in [0.5, 0.6) is 11.5 Å². The summed E-state index contributed by atoms with van der Waals surface area (Å²) in [6.45, 7) is 0. The Morgan fingerprint density at radius 2 is 1.39 bits per heavy atom. The topological polar surface area (TPSA) is 93.7 Å². The highest BCUT2D eigenvalue weighted by Crippen LogP contribution is 2.38. The Labute approximate surface area is 188 Å². The molecule has 3 aromatic carbocycles. The number of hydrogen-bond donors (Lipinski definition) is 2. The highest BCUT2D eigenvalue weighted by Gasteiger charge is 2.30. The Bertz CT molecular complexity index is 1250. The van der Waals surface area contributed by atoms with Gasteiger partial charge in [0.15, 0.2) is 0 Å². The van der Waals surface area contributed by atoms with Crippen molar-refractivity contribution in [3.63, 3.8) is 0 Å². The molecule has 2 N–H and O–H groups in total. The first kappa shape index (κ1) is 23.9. The molecule has 0 saturated heterocycles. The van der Waals surface area contributed by atoms with Crippen molar-refractivity contribution in [2.75, 3.05) is 24.3 Å². The van der Waals surface area contributed by atoms with Crippen LogP contribution in [0, 0.1) is 0 Å². The van der Waals surface area contributed by atoms with E-state index in [1.807, 2.05) is 0 Å². The third-order valence-corrected chi connectivity index (χ3v) is 5.92. The number of alkyl halides is 3. The van der Waals surface area contributed by atoms with E-state index in [0.717, 1.165) is 12.1 Å². The van der Waals surface area contributed by atoms with Gasteiger partial charge in [-0.1, -0.05) is 18.2 Å². The summed E-state index contributed by atoms with van der Waals surface area (Å²) < 4.78 is 76.5. The Morgan fingerprint density at radius 1 is 0.848 bits per heavy atom. The van der Waals surface area contributed by atoms with E-state index in [9.17, 15) is 26.4 Å². The summed E-state index contributed by atoms with van der Waals surface area (Å²) in [5.74, 6) is -0.242. The van der Waals surface area contributed by atoms with Crippen LogP contribution in [0.15, 0.2) is 71.6 Å². The molecule has 7 nitrogen and oxygen atoms in total. The van der Waals surface area contributed by atoms with Gasteiger partial charge in [-0.05, 0) is 36.4 Å². The van der Waals surface area contributed by atoms with Crippen LogP contribution in [-0.4, -0.2) is 28.5 Å². The molecule has 0 heterocycles. The lowest BCUT2D eigenvalue weighted by Gasteiger charge is -2.17. The zero-order valence-corrected chi connectivity index (χ0v) is 18.3. The van der Waals surface area contributed by atoms with E-state index in [0.29, 0.717) is 17.7 Å². The summed E-state index contributed by atoms with van der Waals surface area (Å²) in [4.78, 5) is 12.1. The molecular formula is C22H19F3N2O5S. The lowest BCUT2D eigenvalue weighted by molar-refractivity contribution is -0.137. The molecule has 0 aliphatic carbocycles. The first-order valence-corrected chi connectivity index (χ1v) is 10.9. The number of anilines is 2. The predicted molar refractivity (Wildman–Crippen MR) is 116 cm³/mol. The first-order valence-electron chi connectivity index (χ1n) is 9.37. The Kier molecular flexibility index (Phi) is 6.82. The molecule has 3 aromatic rings. The average Bonchev–Trinajstić information content (AvgIpc) is 2.79. The zero-order valence-electron chi connectivity index (χ0n) is 17.4. The van der Waals surface area contributed by atoms with E-state index in [1.54, 1.807) is 30.3 Å². The Balaban J connectivity index is 1.91. The van der Waals surface area contributed by atoms with Crippen molar-refractivity contribution in [2.45, 2.75) is 11.1 Å². The third kappa shape index (κ3) is 5.55. The minimum atomic E-state index is -4.59. The van der Waals surface area contributed by atoms with Gasteiger partial charge >= 0.3 is 6.18 Å². The molecule has 0 radical (unpaired) electrons. The van der Waals surface area contributed by atoms with Crippen LogP contribution >= 0.6 is 0 Å². The van der Waals surface area contributed by atoms with Crippen LogP contribution < -0.4 is 19.5 Å². The molecule has 1 amide bonds. The van der Waals surface area contributed by atoms with Crippen molar-refractivity contribution in [1.29, 1.82) is 0 Å². The van der Waals surface area contributed by atoms with E-state index in [4.69, 9.17) is 9.47 Å². The second-order valence-corrected chi connectivity index (χ2v) is 8.38. The Hall–Kier alpha value is -3.73. The normalized spacial score (nSPS) is 11.5. The van der Waals surface area contributed by atoms with Gasteiger partial charge in [-0.3, -0.25) is 9.52 Å². The zero-order chi connectivity index (χ0) is 24.2. The number of sulfonamides is 1. The molecule has 0 fully saturated rings. The van der Waals surface area contributed by atoms with Crippen LogP contribution in [-0.2, 0) is 16.2 Å². The van der Waals surface area contributed by atoms with Crippen LogP contribution in [0.3, 0.4) is 0 Å². The Morgan fingerprint density at radius 3 is 1.94 bits per heavy atom. The molecular weight excluding hydrogens is 461 g/mol. The number of nitrogens with one attached hydrogen (secondary N) is 2. The minimum Gasteiger partial charge on any atom is -0.494 e. The van der Waals surface area contributed by atoms with E-state index in [1.165, 1.54) is 26.4 Å². The molecule has 0 atom stereocenters.